The number of hydrogen-bond acceptors (Lipinski definition) is 3. The van der Waals surface area contributed by atoms with E-state index in [0.29, 0.717) is 6.61 Å². The first-order valence-electron chi connectivity index (χ1n) is 7.03. The highest BCUT2D eigenvalue weighted by Gasteiger charge is 2.22. The average Bonchev–Trinajstić information content (AvgIpc) is 2.67. The largest absolute Gasteiger partial charge is 0.493 e. The standard InChI is InChI=1S/C15H20N2O4/c1-17(9-8-14(18)19)15(20)16-12-6-4-10-21-13-7-3-2-5-11(12)13/h2-3,5,7,12H,4,6,8-10H2,1H3,(H,16,20)(H,18,19). The third-order valence-corrected chi connectivity index (χ3v) is 3.49. The lowest BCUT2D eigenvalue weighted by atomic mass is 10.0. The Morgan fingerprint density at radius 1 is 1.43 bits per heavy atom. The van der Waals surface area contributed by atoms with Gasteiger partial charge in [-0.15, -0.1) is 0 Å². The summed E-state index contributed by atoms with van der Waals surface area (Å²) in [5.41, 5.74) is 0.968. The lowest BCUT2D eigenvalue weighted by Crippen LogP contribution is -2.40. The number of carbonyl (C=O) groups is 2. The Hall–Kier alpha value is -2.24. The number of aliphatic carboxylic acids is 1. The molecule has 2 amide bonds. The van der Waals surface area contributed by atoms with Crippen LogP contribution in [0.3, 0.4) is 0 Å². The third-order valence-electron chi connectivity index (χ3n) is 3.49. The zero-order chi connectivity index (χ0) is 15.2. The van der Waals surface area contributed by atoms with Crippen molar-refractivity contribution in [2.45, 2.75) is 25.3 Å². The highest BCUT2D eigenvalue weighted by molar-refractivity contribution is 5.75. The van der Waals surface area contributed by atoms with Gasteiger partial charge in [-0.2, -0.15) is 0 Å². The van der Waals surface area contributed by atoms with Gasteiger partial charge in [0, 0.05) is 19.2 Å². The SMILES string of the molecule is CN(CCC(=O)O)C(=O)NC1CCCOc2ccccc21. The van der Waals surface area contributed by atoms with Crippen LogP contribution in [0.25, 0.3) is 0 Å². The molecule has 0 saturated carbocycles. The second-order valence-electron chi connectivity index (χ2n) is 5.10. The number of ether oxygens (including phenoxy) is 1. The monoisotopic (exact) mass is 292 g/mol. The minimum Gasteiger partial charge on any atom is -0.493 e. The highest BCUT2D eigenvalue weighted by Crippen LogP contribution is 2.31. The maximum absolute atomic E-state index is 12.1. The summed E-state index contributed by atoms with van der Waals surface area (Å²) in [6, 6.07) is 7.29. The number of rotatable bonds is 4. The van der Waals surface area contributed by atoms with Crippen molar-refractivity contribution in [2.75, 3.05) is 20.2 Å². The Kier molecular flexibility index (Phi) is 5.03. The Bertz CT molecular complexity index is 518. The highest BCUT2D eigenvalue weighted by atomic mass is 16.5. The summed E-state index contributed by atoms with van der Waals surface area (Å²) in [5.74, 6) is -0.114. The summed E-state index contributed by atoms with van der Waals surface area (Å²) in [5, 5.41) is 11.6. The maximum Gasteiger partial charge on any atom is 0.317 e. The molecule has 1 aromatic carbocycles. The van der Waals surface area contributed by atoms with Crippen LogP contribution in [0.2, 0.25) is 0 Å². The molecule has 0 saturated heterocycles. The number of hydrogen-bond donors (Lipinski definition) is 2. The molecule has 1 heterocycles. The van der Waals surface area contributed by atoms with Gasteiger partial charge in [-0.3, -0.25) is 4.79 Å². The smallest absolute Gasteiger partial charge is 0.317 e. The first-order valence-corrected chi connectivity index (χ1v) is 7.03. The number of benzene rings is 1. The van der Waals surface area contributed by atoms with Crippen LogP contribution in [0.15, 0.2) is 24.3 Å². The Morgan fingerprint density at radius 3 is 2.95 bits per heavy atom. The summed E-state index contributed by atoms with van der Waals surface area (Å²) in [4.78, 5) is 24.1. The van der Waals surface area contributed by atoms with Crippen molar-refractivity contribution in [1.29, 1.82) is 0 Å². The van der Waals surface area contributed by atoms with E-state index >= 15 is 0 Å². The number of carbonyl (C=O) groups excluding carboxylic acids is 1. The predicted molar refractivity (Wildman–Crippen MR) is 77.3 cm³/mol. The van der Waals surface area contributed by atoms with E-state index in [4.69, 9.17) is 9.84 Å². The number of nitrogens with one attached hydrogen (secondary N) is 1. The van der Waals surface area contributed by atoms with E-state index in [-0.39, 0.29) is 25.0 Å². The van der Waals surface area contributed by atoms with Gasteiger partial charge >= 0.3 is 12.0 Å². The van der Waals surface area contributed by atoms with Crippen molar-refractivity contribution < 1.29 is 19.4 Å². The van der Waals surface area contributed by atoms with Crippen LogP contribution in [0.1, 0.15) is 30.9 Å². The molecule has 0 bridgehead atoms. The first-order chi connectivity index (χ1) is 10.1. The molecule has 2 N–H and O–H groups in total. The minimum atomic E-state index is -0.914. The zero-order valence-corrected chi connectivity index (χ0v) is 12.0. The quantitative estimate of drug-likeness (QED) is 0.890. The van der Waals surface area contributed by atoms with Gasteiger partial charge in [0.05, 0.1) is 19.1 Å². The second kappa shape index (κ2) is 6.97. The molecule has 0 fully saturated rings. The molecular formula is C15H20N2O4. The number of amides is 2. The summed E-state index contributed by atoms with van der Waals surface area (Å²) in [6.45, 7) is 0.824. The predicted octanol–water partition coefficient (Wildman–Crippen LogP) is 2.02. The molecule has 0 radical (unpaired) electrons. The fraction of sp³-hybridized carbons (Fsp3) is 0.467. The van der Waals surface area contributed by atoms with Gasteiger partial charge in [-0.05, 0) is 18.9 Å². The number of nitrogens with zero attached hydrogens (tertiary/aromatic N) is 1. The van der Waals surface area contributed by atoms with E-state index < -0.39 is 5.97 Å². The minimum absolute atomic E-state index is 0.0612. The van der Waals surface area contributed by atoms with Crippen molar-refractivity contribution >= 4 is 12.0 Å². The van der Waals surface area contributed by atoms with Gasteiger partial charge < -0.3 is 20.1 Å². The van der Waals surface area contributed by atoms with Gasteiger partial charge in [0.2, 0.25) is 0 Å². The van der Waals surface area contributed by atoms with Gasteiger partial charge in [0.15, 0.2) is 0 Å². The van der Waals surface area contributed by atoms with Gasteiger partial charge in [-0.25, -0.2) is 4.79 Å². The number of urea groups is 1. The normalized spacial score (nSPS) is 17.1. The van der Waals surface area contributed by atoms with Crippen molar-refractivity contribution in [2.24, 2.45) is 0 Å². The van der Waals surface area contributed by atoms with E-state index in [1.807, 2.05) is 24.3 Å². The molecular weight excluding hydrogens is 272 g/mol. The van der Waals surface area contributed by atoms with E-state index in [9.17, 15) is 9.59 Å². The van der Waals surface area contributed by atoms with Crippen LogP contribution in [0.5, 0.6) is 5.75 Å². The van der Waals surface area contributed by atoms with Gasteiger partial charge in [0.1, 0.15) is 5.75 Å². The zero-order valence-electron chi connectivity index (χ0n) is 12.0. The topological polar surface area (TPSA) is 78.9 Å². The lowest BCUT2D eigenvalue weighted by Gasteiger charge is -2.23. The summed E-state index contributed by atoms with van der Waals surface area (Å²) < 4.78 is 5.66. The van der Waals surface area contributed by atoms with E-state index in [0.717, 1.165) is 24.2 Å². The molecule has 1 aliphatic rings. The molecule has 1 aromatic rings. The van der Waals surface area contributed by atoms with Crippen molar-refractivity contribution in [3.8, 4) is 5.75 Å². The Morgan fingerprint density at radius 2 is 2.19 bits per heavy atom. The summed E-state index contributed by atoms with van der Waals surface area (Å²) in [7, 11) is 1.59. The van der Waals surface area contributed by atoms with Crippen molar-refractivity contribution in [3.63, 3.8) is 0 Å². The summed E-state index contributed by atoms with van der Waals surface area (Å²) in [6.07, 6.45) is 1.60. The molecule has 1 unspecified atom stereocenters. The lowest BCUT2D eigenvalue weighted by molar-refractivity contribution is -0.137. The number of carboxylic acid groups (broad SMARTS) is 1. The molecule has 1 atom stereocenters. The number of carboxylic acids is 1. The van der Waals surface area contributed by atoms with Gasteiger partial charge in [0.25, 0.3) is 0 Å². The number of fused-ring (bicyclic) bond motifs is 1. The van der Waals surface area contributed by atoms with Crippen LogP contribution < -0.4 is 10.1 Å². The average molecular weight is 292 g/mol. The van der Waals surface area contributed by atoms with E-state index in [2.05, 4.69) is 5.32 Å². The molecule has 6 heteroatoms. The molecule has 0 aromatic heterocycles. The van der Waals surface area contributed by atoms with Crippen LogP contribution >= 0.6 is 0 Å². The number of para-hydroxylation sites is 1. The van der Waals surface area contributed by atoms with Crippen LogP contribution in [-0.2, 0) is 4.79 Å². The molecule has 2 rings (SSSR count). The maximum atomic E-state index is 12.1. The van der Waals surface area contributed by atoms with Crippen molar-refractivity contribution in [3.05, 3.63) is 29.8 Å². The third kappa shape index (κ3) is 4.11. The van der Waals surface area contributed by atoms with Crippen LogP contribution in [0, 0.1) is 0 Å². The first kappa shape index (κ1) is 15.2. The van der Waals surface area contributed by atoms with Crippen LogP contribution in [0.4, 0.5) is 4.79 Å². The second-order valence-corrected chi connectivity index (χ2v) is 5.10. The molecule has 0 aliphatic carbocycles. The Labute approximate surface area is 123 Å². The molecule has 1 aliphatic heterocycles. The van der Waals surface area contributed by atoms with Crippen LogP contribution in [-0.4, -0.2) is 42.2 Å². The van der Waals surface area contributed by atoms with Gasteiger partial charge in [-0.1, -0.05) is 18.2 Å². The van der Waals surface area contributed by atoms with E-state index in [1.54, 1.807) is 7.05 Å². The van der Waals surface area contributed by atoms with E-state index in [1.165, 1.54) is 4.90 Å². The molecule has 0 spiro atoms. The Balaban J connectivity index is 2.01. The fourth-order valence-corrected chi connectivity index (χ4v) is 2.30. The molecule has 114 valence electrons. The molecule has 21 heavy (non-hydrogen) atoms. The van der Waals surface area contributed by atoms with Crippen molar-refractivity contribution in [1.82, 2.24) is 10.2 Å². The summed E-state index contributed by atoms with van der Waals surface area (Å²) >= 11 is 0. The molecule has 6 nitrogen and oxygen atoms in total. The fourth-order valence-electron chi connectivity index (χ4n) is 2.30.